The molecule has 0 aliphatic carbocycles. The minimum absolute atomic E-state index is 0.0477. The first-order valence-electron chi connectivity index (χ1n) is 9.67. The molecule has 1 aromatic rings. The smallest absolute Gasteiger partial charge is 0.225 e. The number of aryl methyl sites for hydroxylation is 1. The summed E-state index contributed by atoms with van der Waals surface area (Å²) in [6.45, 7) is 7.35. The molecule has 5 heteroatoms. The molecule has 5 nitrogen and oxygen atoms in total. The Morgan fingerprint density at radius 3 is 2.84 bits per heavy atom. The van der Waals surface area contributed by atoms with Gasteiger partial charge in [0.15, 0.2) is 0 Å². The highest BCUT2D eigenvalue weighted by molar-refractivity contribution is 5.76. The van der Waals surface area contributed by atoms with Crippen molar-refractivity contribution in [2.45, 2.75) is 31.8 Å². The van der Waals surface area contributed by atoms with Gasteiger partial charge in [-0.3, -0.25) is 4.79 Å². The topological polar surface area (TPSA) is 44.8 Å². The average Bonchev–Trinajstić information content (AvgIpc) is 2.89. The zero-order valence-corrected chi connectivity index (χ0v) is 15.2. The molecule has 1 N–H and O–H groups in total. The van der Waals surface area contributed by atoms with Gasteiger partial charge in [0.2, 0.25) is 5.91 Å². The third kappa shape index (κ3) is 6.10. The summed E-state index contributed by atoms with van der Waals surface area (Å²) in [6.07, 6.45) is 3.94. The van der Waals surface area contributed by atoms with Crippen LogP contribution >= 0.6 is 0 Å². The molecule has 3 rings (SSSR count). The van der Waals surface area contributed by atoms with Crippen LogP contribution in [0.2, 0.25) is 0 Å². The maximum atomic E-state index is 12.5. The summed E-state index contributed by atoms with van der Waals surface area (Å²) in [7, 11) is 0. The minimum atomic E-state index is 0.0477. The number of hydrogen-bond donors (Lipinski definition) is 1. The summed E-state index contributed by atoms with van der Waals surface area (Å²) in [4.78, 5) is 17.1. The van der Waals surface area contributed by atoms with Crippen LogP contribution in [-0.4, -0.2) is 74.2 Å². The van der Waals surface area contributed by atoms with Crippen LogP contribution in [0.25, 0.3) is 0 Å². The molecule has 25 heavy (non-hydrogen) atoms. The van der Waals surface area contributed by atoms with Gasteiger partial charge in [0, 0.05) is 32.7 Å². The van der Waals surface area contributed by atoms with Crippen LogP contribution in [-0.2, 0) is 16.0 Å². The molecule has 2 fully saturated rings. The van der Waals surface area contributed by atoms with Gasteiger partial charge in [-0.25, -0.2) is 0 Å². The SMILES string of the molecule is O=C(C[C@H]1CNCCO1)N1CCCN(CCCc2ccccc2)CC1. The summed E-state index contributed by atoms with van der Waals surface area (Å²) in [6, 6.07) is 10.7. The number of nitrogens with zero attached hydrogens (tertiary/aromatic N) is 2. The Hall–Kier alpha value is -1.43. The Morgan fingerprint density at radius 2 is 2.04 bits per heavy atom. The lowest BCUT2D eigenvalue weighted by atomic mass is 10.1. The minimum Gasteiger partial charge on any atom is -0.375 e. The number of hydrogen-bond acceptors (Lipinski definition) is 4. The third-order valence-corrected chi connectivity index (χ3v) is 5.13. The van der Waals surface area contributed by atoms with E-state index in [0.717, 1.165) is 58.7 Å². The lowest BCUT2D eigenvalue weighted by molar-refractivity contribution is -0.134. The van der Waals surface area contributed by atoms with Crippen molar-refractivity contribution < 1.29 is 9.53 Å². The first kappa shape index (κ1) is 18.4. The quantitative estimate of drug-likeness (QED) is 0.849. The van der Waals surface area contributed by atoms with Crippen molar-refractivity contribution in [2.24, 2.45) is 0 Å². The first-order chi connectivity index (χ1) is 12.3. The van der Waals surface area contributed by atoms with Gasteiger partial charge in [-0.05, 0) is 37.9 Å². The molecule has 2 aliphatic heterocycles. The second kappa shape index (κ2) is 9.90. The van der Waals surface area contributed by atoms with Crippen LogP contribution in [0.4, 0.5) is 0 Å². The highest BCUT2D eigenvalue weighted by Crippen LogP contribution is 2.10. The Bertz CT molecular complexity index is 517. The van der Waals surface area contributed by atoms with Gasteiger partial charge in [-0.2, -0.15) is 0 Å². The van der Waals surface area contributed by atoms with E-state index < -0.39 is 0 Å². The van der Waals surface area contributed by atoms with E-state index in [-0.39, 0.29) is 12.0 Å². The van der Waals surface area contributed by atoms with Crippen molar-refractivity contribution in [1.82, 2.24) is 15.1 Å². The Labute approximate surface area is 151 Å². The molecule has 1 amide bonds. The van der Waals surface area contributed by atoms with E-state index in [0.29, 0.717) is 13.0 Å². The van der Waals surface area contributed by atoms with Gasteiger partial charge in [0.1, 0.15) is 0 Å². The first-order valence-corrected chi connectivity index (χ1v) is 9.67. The van der Waals surface area contributed by atoms with Gasteiger partial charge in [0.05, 0.1) is 19.1 Å². The number of benzene rings is 1. The number of amides is 1. The fourth-order valence-electron chi connectivity index (χ4n) is 3.67. The van der Waals surface area contributed by atoms with Gasteiger partial charge < -0.3 is 19.9 Å². The molecule has 0 aromatic heterocycles. The molecule has 1 aromatic carbocycles. The van der Waals surface area contributed by atoms with Crippen molar-refractivity contribution in [2.75, 3.05) is 52.4 Å². The standard InChI is InChI=1S/C20H31N3O2/c24-20(16-19-17-21-9-15-25-19)23-12-5-11-22(13-14-23)10-4-8-18-6-2-1-3-7-18/h1-3,6-7,19,21H,4-5,8-17H2/t19-/m0/s1. The van der Waals surface area contributed by atoms with E-state index in [2.05, 4.69) is 40.5 Å². The zero-order valence-electron chi connectivity index (χ0n) is 15.2. The zero-order chi connectivity index (χ0) is 17.3. The predicted octanol–water partition coefficient (Wildman–Crippen LogP) is 1.53. The summed E-state index contributed by atoms with van der Waals surface area (Å²) in [5.74, 6) is 0.250. The monoisotopic (exact) mass is 345 g/mol. The Kier molecular flexibility index (Phi) is 7.27. The Morgan fingerprint density at radius 1 is 1.16 bits per heavy atom. The van der Waals surface area contributed by atoms with Gasteiger partial charge in [-0.15, -0.1) is 0 Å². The molecule has 0 unspecified atom stereocenters. The summed E-state index contributed by atoms with van der Waals surface area (Å²) >= 11 is 0. The van der Waals surface area contributed by atoms with Crippen molar-refractivity contribution in [3.8, 4) is 0 Å². The second-order valence-electron chi connectivity index (χ2n) is 7.07. The third-order valence-electron chi connectivity index (χ3n) is 5.13. The van der Waals surface area contributed by atoms with Crippen LogP contribution in [0.3, 0.4) is 0 Å². The molecule has 0 spiro atoms. The maximum Gasteiger partial charge on any atom is 0.225 e. The molecule has 2 aliphatic rings. The maximum absolute atomic E-state index is 12.5. The van der Waals surface area contributed by atoms with E-state index in [1.807, 2.05) is 4.90 Å². The molecule has 0 saturated carbocycles. The van der Waals surface area contributed by atoms with Crippen LogP contribution < -0.4 is 5.32 Å². The van der Waals surface area contributed by atoms with E-state index in [9.17, 15) is 4.79 Å². The van der Waals surface area contributed by atoms with Crippen LogP contribution in [0, 0.1) is 0 Å². The van der Waals surface area contributed by atoms with E-state index in [1.54, 1.807) is 0 Å². The largest absolute Gasteiger partial charge is 0.375 e. The van der Waals surface area contributed by atoms with Crippen molar-refractivity contribution >= 4 is 5.91 Å². The van der Waals surface area contributed by atoms with Crippen LogP contribution in [0.15, 0.2) is 30.3 Å². The summed E-state index contributed by atoms with van der Waals surface area (Å²) in [5, 5.41) is 3.30. The normalized spacial score (nSPS) is 22.6. The van der Waals surface area contributed by atoms with Crippen LogP contribution in [0.5, 0.6) is 0 Å². The van der Waals surface area contributed by atoms with Crippen molar-refractivity contribution in [3.63, 3.8) is 0 Å². The van der Waals surface area contributed by atoms with Gasteiger partial charge in [0.25, 0.3) is 0 Å². The van der Waals surface area contributed by atoms with Gasteiger partial charge in [-0.1, -0.05) is 30.3 Å². The molecular weight excluding hydrogens is 314 g/mol. The fraction of sp³-hybridized carbons (Fsp3) is 0.650. The number of carbonyl (C=O) groups excluding carboxylic acids is 1. The number of rotatable bonds is 6. The highest BCUT2D eigenvalue weighted by Gasteiger charge is 2.23. The Balaban J connectivity index is 1.37. The average molecular weight is 345 g/mol. The van der Waals surface area contributed by atoms with E-state index in [4.69, 9.17) is 4.74 Å². The molecule has 2 heterocycles. The molecule has 2 saturated heterocycles. The van der Waals surface area contributed by atoms with E-state index in [1.165, 1.54) is 12.0 Å². The highest BCUT2D eigenvalue weighted by atomic mass is 16.5. The van der Waals surface area contributed by atoms with Crippen LogP contribution in [0.1, 0.15) is 24.8 Å². The lowest BCUT2D eigenvalue weighted by Crippen LogP contribution is -2.43. The molecule has 1 atom stereocenters. The fourth-order valence-corrected chi connectivity index (χ4v) is 3.67. The second-order valence-corrected chi connectivity index (χ2v) is 7.07. The predicted molar refractivity (Wildman–Crippen MR) is 99.6 cm³/mol. The molecular formula is C20H31N3O2. The number of carbonyl (C=O) groups is 1. The molecule has 138 valence electrons. The molecule has 0 radical (unpaired) electrons. The summed E-state index contributed by atoms with van der Waals surface area (Å²) < 4.78 is 5.67. The van der Waals surface area contributed by atoms with Crippen molar-refractivity contribution in [3.05, 3.63) is 35.9 Å². The number of nitrogens with one attached hydrogen (secondary N) is 1. The summed E-state index contributed by atoms with van der Waals surface area (Å²) in [5.41, 5.74) is 1.41. The van der Waals surface area contributed by atoms with Crippen molar-refractivity contribution in [1.29, 1.82) is 0 Å². The van der Waals surface area contributed by atoms with Gasteiger partial charge >= 0.3 is 0 Å². The number of morpholine rings is 1. The lowest BCUT2D eigenvalue weighted by Gasteiger charge is -2.27. The molecule has 0 bridgehead atoms. The van der Waals surface area contributed by atoms with E-state index >= 15 is 0 Å². The number of ether oxygens (including phenoxy) is 1.